The number of aromatic carboxylic acids is 1. The molecule has 0 spiro atoms. The Kier molecular flexibility index (Phi) is 3.79. The minimum absolute atomic E-state index is 0.00260. The number of hydrogen-bond acceptors (Lipinski definition) is 2. The van der Waals surface area contributed by atoms with E-state index in [-0.39, 0.29) is 16.8 Å². The van der Waals surface area contributed by atoms with Crippen molar-refractivity contribution in [1.82, 2.24) is 0 Å². The molecule has 2 aromatic carbocycles. The van der Waals surface area contributed by atoms with E-state index in [2.05, 4.69) is 5.32 Å². The molecule has 0 unspecified atom stereocenters. The minimum atomic E-state index is -1.15. The van der Waals surface area contributed by atoms with Crippen LogP contribution in [0.15, 0.2) is 42.5 Å². The molecule has 0 aliphatic rings. The molecule has 0 aliphatic heterocycles. The molecule has 1 amide bonds. The number of halogens is 1. The standard InChI is InChI=1S/C15H12FNO3/c1-9-5-4-8-12(13(9)15(19)20)17-14(18)10-6-2-3-7-11(10)16/h2-8H,1H3,(H,17,18)(H,19,20). The smallest absolute Gasteiger partial charge is 0.338 e. The number of hydrogen-bond donors (Lipinski definition) is 2. The third kappa shape index (κ3) is 2.66. The second kappa shape index (κ2) is 5.52. The van der Waals surface area contributed by atoms with Gasteiger partial charge in [-0.3, -0.25) is 4.79 Å². The monoisotopic (exact) mass is 273 g/mol. The summed E-state index contributed by atoms with van der Waals surface area (Å²) in [5.74, 6) is -2.49. The third-order valence-corrected chi connectivity index (χ3v) is 2.85. The molecule has 0 radical (unpaired) electrons. The van der Waals surface area contributed by atoms with Crippen LogP contribution in [0.25, 0.3) is 0 Å². The van der Waals surface area contributed by atoms with Gasteiger partial charge in [0, 0.05) is 0 Å². The summed E-state index contributed by atoms with van der Waals surface area (Å²) in [6, 6.07) is 10.2. The lowest BCUT2D eigenvalue weighted by atomic mass is 10.1. The lowest BCUT2D eigenvalue weighted by Gasteiger charge is -2.10. The zero-order valence-electron chi connectivity index (χ0n) is 10.7. The van der Waals surface area contributed by atoms with Crippen LogP contribution in [-0.2, 0) is 0 Å². The summed E-state index contributed by atoms with van der Waals surface area (Å²) in [5.41, 5.74) is 0.525. The van der Waals surface area contributed by atoms with E-state index in [9.17, 15) is 14.0 Å². The van der Waals surface area contributed by atoms with Crippen molar-refractivity contribution in [2.45, 2.75) is 6.92 Å². The molecule has 0 heterocycles. The van der Waals surface area contributed by atoms with Crippen LogP contribution in [0.2, 0.25) is 0 Å². The number of rotatable bonds is 3. The van der Waals surface area contributed by atoms with E-state index in [4.69, 9.17) is 5.11 Å². The molecule has 2 aromatic rings. The molecule has 2 rings (SSSR count). The highest BCUT2D eigenvalue weighted by Gasteiger charge is 2.17. The second-order valence-corrected chi connectivity index (χ2v) is 4.24. The van der Waals surface area contributed by atoms with Gasteiger partial charge >= 0.3 is 5.97 Å². The normalized spacial score (nSPS) is 10.1. The van der Waals surface area contributed by atoms with Gasteiger partial charge in [0.1, 0.15) is 5.82 Å². The Morgan fingerprint density at radius 1 is 1.10 bits per heavy atom. The second-order valence-electron chi connectivity index (χ2n) is 4.24. The van der Waals surface area contributed by atoms with Crippen LogP contribution in [0.5, 0.6) is 0 Å². The van der Waals surface area contributed by atoms with Crippen molar-refractivity contribution in [3.8, 4) is 0 Å². The number of anilines is 1. The summed E-state index contributed by atoms with van der Waals surface area (Å²) in [5, 5.41) is 11.6. The number of nitrogens with one attached hydrogen (secondary N) is 1. The van der Waals surface area contributed by atoms with Crippen molar-refractivity contribution in [3.63, 3.8) is 0 Å². The summed E-state index contributed by atoms with van der Waals surface area (Å²) < 4.78 is 13.5. The fourth-order valence-corrected chi connectivity index (χ4v) is 1.89. The van der Waals surface area contributed by atoms with E-state index in [0.717, 1.165) is 0 Å². The first-order valence-corrected chi connectivity index (χ1v) is 5.89. The highest BCUT2D eigenvalue weighted by Crippen LogP contribution is 2.20. The Morgan fingerprint density at radius 3 is 2.45 bits per heavy atom. The predicted octanol–water partition coefficient (Wildman–Crippen LogP) is 3.08. The van der Waals surface area contributed by atoms with Gasteiger partial charge in [0.05, 0.1) is 16.8 Å². The predicted molar refractivity (Wildman–Crippen MR) is 72.5 cm³/mol. The number of benzene rings is 2. The van der Waals surface area contributed by atoms with Crippen LogP contribution < -0.4 is 5.32 Å². The Morgan fingerprint density at radius 2 is 1.80 bits per heavy atom. The number of aryl methyl sites for hydroxylation is 1. The number of carboxylic acid groups (broad SMARTS) is 1. The highest BCUT2D eigenvalue weighted by atomic mass is 19.1. The van der Waals surface area contributed by atoms with E-state index in [1.807, 2.05) is 0 Å². The fourth-order valence-electron chi connectivity index (χ4n) is 1.89. The lowest BCUT2D eigenvalue weighted by Crippen LogP contribution is -2.16. The number of carbonyl (C=O) groups is 2. The first-order chi connectivity index (χ1) is 9.50. The Balaban J connectivity index is 2.36. The summed E-state index contributed by atoms with van der Waals surface area (Å²) >= 11 is 0. The topological polar surface area (TPSA) is 66.4 Å². The van der Waals surface area contributed by atoms with Gasteiger partial charge in [-0.1, -0.05) is 24.3 Å². The van der Waals surface area contributed by atoms with Gasteiger partial charge in [0.2, 0.25) is 0 Å². The van der Waals surface area contributed by atoms with Crippen LogP contribution in [0.1, 0.15) is 26.3 Å². The molecule has 0 aromatic heterocycles. The zero-order valence-corrected chi connectivity index (χ0v) is 10.7. The van der Waals surface area contributed by atoms with E-state index in [0.29, 0.717) is 5.56 Å². The van der Waals surface area contributed by atoms with Gasteiger partial charge in [-0.2, -0.15) is 0 Å². The van der Waals surface area contributed by atoms with E-state index in [1.54, 1.807) is 19.1 Å². The van der Waals surface area contributed by atoms with Gasteiger partial charge in [-0.05, 0) is 30.7 Å². The number of carbonyl (C=O) groups excluding carboxylic acids is 1. The van der Waals surface area contributed by atoms with Crippen molar-refractivity contribution < 1.29 is 19.1 Å². The minimum Gasteiger partial charge on any atom is -0.478 e. The molecule has 0 fully saturated rings. The van der Waals surface area contributed by atoms with Gasteiger partial charge in [0.25, 0.3) is 5.91 Å². The zero-order chi connectivity index (χ0) is 14.7. The van der Waals surface area contributed by atoms with E-state index < -0.39 is 17.7 Å². The number of carboxylic acids is 1. The fraction of sp³-hybridized carbons (Fsp3) is 0.0667. The molecule has 0 bridgehead atoms. The summed E-state index contributed by atoms with van der Waals surface area (Å²) in [6.45, 7) is 1.63. The van der Waals surface area contributed by atoms with Crippen molar-refractivity contribution in [1.29, 1.82) is 0 Å². The molecule has 5 heteroatoms. The quantitative estimate of drug-likeness (QED) is 0.903. The molecule has 4 nitrogen and oxygen atoms in total. The van der Waals surface area contributed by atoms with Crippen LogP contribution >= 0.6 is 0 Å². The van der Waals surface area contributed by atoms with Gasteiger partial charge in [-0.15, -0.1) is 0 Å². The lowest BCUT2D eigenvalue weighted by molar-refractivity contribution is 0.0697. The number of amides is 1. The molecule has 0 aliphatic carbocycles. The molecule has 0 saturated heterocycles. The molecule has 2 N–H and O–H groups in total. The maximum Gasteiger partial charge on any atom is 0.338 e. The van der Waals surface area contributed by atoms with Crippen LogP contribution in [-0.4, -0.2) is 17.0 Å². The van der Waals surface area contributed by atoms with Gasteiger partial charge < -0.3 is 10.4 Å². The van der Waals surface area contributed by atoms with Crippen molar-refractivity contribution in [3.05, 3.63) is 65.0 Å². The highest BCUT2D eigenvalue weighted by molar-refractivity contribution is 6.08. The molecule has 0 atom stereocenters. The summed E-state index contributed by atoms with van der Waals surface area (Å²) in [6.07, 6.45) is 0. The first kappa shape index (κ1) is 13.7. The van der Waals surface area contributed by atoms with Crippen LogP contribution in [0.3, 0.4) is 0 Å². The Labute approximate surface area is 114 Å². The molecular weight excluding hydrogens is 261 g/mol. The van der Waals surface area contributed by atoms with E-state index in [1.165, 1.54) is 30.3 Å². The SMILES string of the molecule is Cc1cccc(NC(=O)c2ccccc2F)c1C(=O)O. The molecule has 20 heavy (non-hydrogen) atoms. The first-order valence-electron chi connectivity index (χ1n) is 5.89. The average Bonchev–Trinajstić information content (AvgIpc) is 2.38. The van der Waals surface area contributed by atoms with E-state index >= 15 is 0 Å². The maximum absolute atomic E-state index is 13.5. The molecule has 0 saturated carbocycles. The Hall–Kier alpha value is -2.69. The van der Waals surface area contributed by atoms with Crippen LogP contribution in [0.4, 0.5) is 10.1 Å². The third-order valence-electron chi connectivity index (χ3n) is 2.85. The Bertz CT molecular complexity index is 683. The van der Waals surface area contributed by atoms with Crippen LogP contribution in [0, 0.1) is 12.7 Å². The van der Waals surface area contributed by atoms with Crippen molar-refractivity contribution >= 4 is 17.6 Å². The summed E-state index contributed by atoms with van der Waals surface area (Å²) in [4.78, 5) is 23.2. The average molecular weight is 273 g/mol. The van der Waals surface area contributed by atoms with Crippen molar-refractivity contribution in [2.24, 2.45) is 0 Å². The molecular formula is C15H12FNO3. The van der Waals surface area contributed by atoms with Crippen molar-refractivity contribution in [2.75, 3.05) is 5.32 Å². The summed E-state index contributed by atoms with van der Waals surface area (Å²) in [7, 11) is 0. The largest absolute Gasteiger partial charge is 0.478 e. The van der Waals surface area contributed by atoms with Gasteiger partial charge in [0.15, 0.2) is 0 Å². The van der Waals surface area contributed by atoms with Gasteiger partial charge in [-0.25, -0.2) is 9.18 Å². The maximum atomic E-state index is 13.5. The molecule has 102 valence electrons.